The highest BCUT2D eigenvalue weighted by molar-refractivity contribution is 7.14. The zero-order valence-electron chi connectivity index (χ0n) is 11.4. The summed E-state index contributed by atoms with van der Waals surface area (Å²) in [5, 5.41) is 10.4. The number of nitrogens with zero attached hydrogens (tertiary/aromatic N) is 1. The van der Waals surface area contributed by atoms with Crippen LogP contribution in [0.15, 0.2) is 30.3 Å². The number of thiazole rings is 1. The summed E-state index contributed by atoms with van der Waals surface area (Å²) >= 11 is 1.31. The minimum absolute atomic E-state index is 0.228. The first-order chi connectivity index (χ1) is 10.2. The fraction of sp³-hybridized carbons (Fsp3) is 0.375. The third-order valence-corrected chi connectivity index (χ3v) is 5.48. The topological polar surface area (TPSA) is 59.4 Å². The van der Waals surface area contributed by atoms with E-state index in [4.69, 9.17) is 4.74 Å². The molecule has 2 bridgehead atoms. The first-order valence-corrected chi connectivity index (χ1v) is 7.99. The molecule has 2 aliphatic heterocycles. The molecular weight excluding hydrogens is 286 g/mol. The summed E-state index contributed by atoms with van der Waals surface area (Å²) in [6.45, 7) is 0. The summed E-state index contributed by atoms with van der Waals surface area (Å²) in [7, 11) is 0. The van der Waals surface area contributed by atoms with Crippen LogP contribution >= 0.6 is 11.3 Å². The number of carbonyl (C=O) groups is 1. The van der Waals surface area contributed by atoms with Crippen LogP contribution in [0.3, 0.4) is 0 Å². The van der Waals surface area contributed by atoms with Crippen molar-refractivity contribution in [1.29, 1.82) is 0 Å². The van der Waals surface area contributed by atoms with Gasteiger partial charge in [-0.1, -0.05) is 30.3 Å². The Hall–Kier alpha value is -1.72. The molecule has 0 aliphatic carbocycles. The lowest BCUT2D eigenvalue weighted by molar-refractivity contribution is 0.0702. The van der Waals surface area contributed by atoms with Gasteiger partial charge in [0.25, 0.3) is 0 Å². The van der Waals surface area contributed by atoms with Gasteiger partial charge in [0, 0.05) is 11.5 Å². The van der Waals surface area contributed by atoms with Crippen LogP contribution in [0.5, 0.6) is 0 Å². The largest absolute Gasteiger partial charge is 0.477 e. The smallest absolute Gasteiger partial charge is 0.348 e. The van der Waals surface area contributed by atoms with Gasteiger partial charge in [-0.05, 0) is 19.3 Å². The summed E-state index contributed by atoms with van der Waals surface area (Å²) in [6.07, 6.45) is 3.75. The molecule has 0 amide bonds. The van der Waals surface area contributed by atoms with Gasteiger partial charge in [0.2, 0.25) is 0 Å². The van der Waals surface area contributed by atoms with Crippen molar-refractivity contribution >= 4 is 17.3 Å². The van der Waals surface area contributed by atoms with Crippen LogP contribution in [-0.2, 0) is 4.74 Å². The van der Waals surface area contributed by atoms with Gasteiger partial charge in [0.05, 0.1) is 22.9 Å². The molecule has 0 saturated carbocycles. The van der Waals surface area contributed by atoms with E-state index < -0.39 is 5.97 Å². The summed E-state index contributed by atoms with van der Waals surface area (Å²) < 4.78 is 5.87. The number of ether oxygens (including phenoxy) is 1. The van der Waals surface area contributed by atoms with Crippen LogP contribution in [0, 0.1) is 0 Å². The van der Waals surface area contributed by atoms with Crippen molar-refractivity contribution in [2.45, 2.75) is 37.4 Å². The summed E-state index contributed by atoms with van der Waals surface area (Å²) in [6, 6.07) is 9.54. The van der Waals surface area contributed by atoms with E-state index in [0.717, 1.165) is 29.8 Å². The van der Waals surface area contributed by atoms with Crippen molar-refractivity contribution in [3.05, 3.63) is 40.2 Å². The first-order valence-electron chi connectivity index (χ1n) is 7.17. The highest BCUT2D eigenvalue weighted by atomic mass is 32.1. The molecule has 1 N–H and O–H groups in total. The fourth-order valence-corrected chi connectivity index (χ4v) is 4.42. The molecular formula is C16H15NO3S. The van der Waals surface area contributed by atoms with Gasteiger partial charge in [0.1, 0.15) is 4.88 Å². The predicted octanol–water partition coefficient (Wildman–Crippen LogP) is 3.54. The molecule has 2 saturated heterocycles. The number of hydrogen-bond donors (Lipinski definition) is 1. The number of hydrogen-bond acceptors (Lipinski definition) is 4. The van der Waals surface area contributed by atoms with E-state index in [9.17, 15) is 9.90 Å². The lowest BCUT2D eigenvalue weighted by Gasteiger charge is -2.15. The molecule has 3 atom stereocenters. The Morgan fingerprint density at radius 2 is 2.10 bits per heavy atom. The van der Waals surface area contributed by atoms with Crippen molar-refractivity contribution in [1.82, 2.24) is 4.98 Å². The van der Waals surface area contributed by atoms with Crippen LogP contribution in [-0.4, -0.2) is 28.3 Å². The number of aromatic nitrogens is 1. The normalized spacial score (nSPS) is 27.1. The van der Waals surface area contributed by atoms with Gasteiger partial charge in [-0.3, -0.25) is 0 Å². The number of benzene rings is 1. The van der Waals surface area contributed by atoms with Gasteiger partial charge >= 0.3 is 5.97 Å². The zero-order valence-corrected chi connectivity index (χ0v) is 12.2. The van der Waals surface area contributed by atoms with Gasteiger partial charge in [-0.2, -0.15) is 0 Å². The molecule has 2 aromatic rings. The maximum atomic E-state index is 11.5. The van der Waals surface area contributed by atoms with Crippen molar-refractivity contribution in [3.8, 4) is 11.3 Å². The molecule has 2 fully saturated rings. The Bertz CT molecular complexity index is 682. The van der Waals surface area contributed by atoms with E-state index in [2.05, 4.69) is 4.98 Å². The predicted molar refractivity (Wildman–Crippen MR) is 79.8 cm³/mol. The molecule has 5 heteroatoms. The molecule has 3 unspecified atom stereocenters. The standard InChI is InChI=1S/C16H15NO3S/c18-16(19)14-13(9-4-2-1-3-5-9)17-15(21-14)11-8-10-6-7-12(11)20-10/h1-5,10-12H,6-8H2,(H,18,19). The molecule has 108 valence electrons. The lowest BCUT2D eigenvalue weighted by Crippen LogP contribution is -2.13. The zero-order chi connectivity index (χ0) is 14.4. The van der Waals surface area contributed by atoms with Crippen molar-refractivity contribution in [2.75, 3.05) is 0 Å². The second kappa shape index (κ2) is 4.93. The lowest BCUT2D eigenvalue weighted by atomic mass is 9.90. The molecule has 0 spiro atoms. The highest BCUT2D eigenvalue weighted by Gasteiger charge is 2.43. The van der Waals surface area contributed by atoms with Gasteiger partial charge < -0.3 is 9.84 Å². The fourth-order valence-electron chi connectivity index (χ4n) is 3.33. The maximum Gasteiger partial charge on any atom is 0.348 e. The molecule has 3 heterocycles. The quantitative estimate of drug-likeness (QED) is 0.942. The van der Waals surface area contributed by atoms with Crippen molar-refractivity contribution in [3.63, 3.8) is 0 Å². The monoisotopic (exact) mass is 301 g/mol. The highest BCUT2D eigenvalue weighted by Crippen LogP contribution is 2.46. The van der Waals surface area contributed by atoms with E-state index in [1.54, 1.807) is 0 Å². The van der Waals surface area contributed by atoms with Crippen LogP contribution in [0.2, 0.25) is 0 Å². The Morgan fingerprint density at radius 3 is 2.71 bits per heavy atom. The number of fused-ring (bicyclic) bond motifs is 2. The number of aromatic carboxylic acids is 1. The molecule has 0 radical (unpaired) electrons. The van der Waals surface area contributed by atoms with Crippen LogP contribution in [0.4, 0.5) is 0 Å². The molecule has 1 aromatic carbocycles. The average Bonchev–Trinajstić information content (AvgIpc) is 3.22. The number of rotatable bonds is 3. The van der Waals surface area contributed by atoms with E-state index in [0.29, 0.717) is 16.7 Å². The second-order valence-electron chi connectivity index (χ2n) is 5.62. The van der Waals surface area contributed by atoms with Crippen molar-refractivity contribution < 1.29 is 14.6 Å². The Balaban J connectivity index is 1.75. The third kappa shape index (κ3) is 2.17. The first kappa shape index (κ1) is 13.0. The Morgan fingerprint density at radius 1 is 1.29 bits per heavy atom. The van der Waals surface area contributed by atoms with Crippen molar-refractivity contribution in [2.24, 2.45) is 0 Å². The second-order valence-corrected chi connectivity index (χ2v) is 6.65. The summed E-state index contributed by atoms with van der Waals surface area (Å²) in [5.74, 6) is -0.633. The van der Waals surface area contributed by atoms with E-state index in [1.807, 2.05) is 30.3 Å². The maximum absolute atomic E-state index is 11.5. The SMILES string of the molecule is O=C(O)c1sc(C2CC3CCC2O3)nc1-c1ccccc1. The van der Waals surface area contributed by atoms with Gasteiger partial charge in [0.15, 0.2) is 0 Å². The Labute approximate surface area is 126 Å². The summed E-state index contributed by atoms with van der Waals surface area (Å²) in [5.41, 5.74) is 1.45. The van der Waals surface area contributed by atoms with Crippen LogP contribution < -0.4 is 0 Å². The summed E-state index contributed by atoms with van der Waals surface area (Å²) in [4.78, 5) is 16.5. The van der Waals surface area contributed by atoms with Crippen LogP contribution in [0.1, 0.15) is 39.9 Å². The van der Waals surface area contributed by atoms with E-state index >= 15 is 0 Å². The number of carboxylic acids is 1. The van der Waals surface area contributed by atoms with E-state index in [1.165, 1.54) is 11.3 Å². The van der Waals surface area contributed by atoms with Gasteiger partial charge in [-0.15, -0.1) is 11.3 Å². The average molecular weight is 301 g/mol. The molecule has 4 rings (SSSR count). The molecule has 2 aliphatic rings. The van der Waals surface area contributed by atoms with Gasteiger partial charge in [-0.25, -0.2) is 9.78 Å². The minimum atomic E-state index is -0.901. The number of carboxylic acid groups (broad SMARTS) is 1. The molecule has 4 nitrogen and oxygen atoms in total. The molecule has 21 heavy (non-hydrogen) atoms. The third-order valence-electron chi connectivity index (χ3n) is 4.31. The molecule has 1 aromatic heterocycles. The Kier molecular flexibility index (Phi) is 3.05. The van der Waals surface area contributed by atoms with Crippen LogP contribution in [0.25, 0.3) is 11.3 Å². The minimum Gasteiger partial charge on any atom is -0.477 e. The van der Waals surface area contributed by atoms with E-state index in [-0.39, 0.29) is 12.0 Å².